The molecule has 0 spiro atoms. The van der Waals surface area contributed by atoms with Crippen molar-refractivity contribution in [2.45, 2.75) is 38.8 Å². The summed E-state index contributed by atoms with van der Waals surface area (Å²) >= 11 is 0. The molecule has 0 aromatic heterocycles. The third kappa shape index (κ3) is 4.42. The summed E-state index contributed by atoms with van der Waals surface area (Å²) in [4.78, 5) is 25.7. The fourth-order valence-corrected chi connectivity index (χ4v) is 3.00. The fourth-order valence-electron chi connectivity index (χ4n) is 3.00. The number of aliphatic hydroxyl groups excluding tert-OH is 1. The molecule has 2 N–H and O–H groups in total. The molecule has 0 saturated carbocycles. The summed E-state index contributed by atoms with van der Waals surface area (Å²) in [6.45, 7) is 3.08. The Kier molecular flexibility index (Phi) is 6.64. The molecule has 1 aromatic rings. The lowest BCUT2D eigenvalue weighted by Gasteiger charge is -2.34. The van der Waals surface area contributed by atoms with Crippen molar-refractivity contribution in [3.8, 4) is 11.5 Å². The maximum absolute atomic E-state index is 12.4. The average Bonchev–Trinajstić information content (AvgIpc) is 2.63. The highest BCUT2D eigenvalue weighted by Crippen LogP contribution is 2.39. The average molecular weight is 350 g/mol. The van der Waals surface area contributed by atoms with Crippen molar-refractivity contribution < 1.29 is 24.2 Å². The second-order valence-corrected chi connectivity index (χ2v) is 6.00. The molecule has 0 aliphatic carbocycles. The van der Waals surface area contributed by atoms with Gasteiger partial charge in [-0.2, -0.15) is 0 Å². The number of rotatable bonds is 7. The van der Waals surface area contributed by atoms with Crippen LogP contribution in [0.15, 0.2) is 12.1 Å². The number of benzene rings is 1. The van der Waals surface area contributed by atoms with E-state index in [0.29, 0.717) is 30.2 Å². The first kappa shape index (κ1) is 19.1. The van der Waals surface area contributed by atoms with Gasteiger partial charge in [0.2, 0.25) is 11.8 Å². The number of hydrogen-bond donors (Lipinski definition) is 2. The van der Waals surface area contributed by atoms with E-state index in [1.165, 1.54) is 0 Å². The first-order chi connectivity index (χ1) is 12.0. The van der Waals surface area contributed by atoms with Gasteiger partial charge in [-0.15, -0.1) is 0 Å². The quantitative estimate of drug-likeness (QED) is 0.776. The lowest BCUT2D eigenvalue weighted by Crippen LogP contribution is -2.39. The van der Waals surface area contributed by atoms with E-state index in [9.17, 15) is 14.7 Å². The number of ether oxygens (including phenoxy) is 2. The zero-order valence-electron chi connectivity index (χ0n) is 15.0. The van der Waals surface area contributed by atoms with Crippen molar-refractivity contribution in [1.29, 1.82) is 0 Å². The topological polar surface area (TPSA) is 88.1 Å². The molecule has 1 aromatic carbocycles. The number of methoxy groups -OCH3 is 2. The van der Waals surface area contributed by atoms with Gasteiger partial charge in [0.25, 0.3) is 0 Å². The second-order valence-electron chi connectivity index (χ2n) is 6.00. The minimum atomic E-state index is -0.855. The van der Waals surface area contributed by atoms with Crippen LogP contribution in [-0.2, 0) is 16.1 Å². The Balaban J connectivity index is 2.09. The lowest BCUT2D eigenvalue weighted by atomic mass is 9.95. The number of fused-ring (bicyclic) bond motifs is 1. The molecule has 2 rings (SSSR count). The molecule has 0 radical (unpaired) electrons. The van der Waals surface area contributed by atoms with Gasteiger partial charge in [0.15, 0.2) is 0 Å². The van der Waals surface area contributed by atoms with Gasteiger partial charge >= 0.3 is 0 Å². The van der Waals surface area contributed by atoms with Crippen LogP contribution in [-0.4, -0.2) is 49.1 Å². The molecule has 7 nitrogen and oxygen atoms in total. The van der Waals surface area contributed by atoms with Crippen LogP contribution >= 0.6 is 0 Å². The fraction of sp³-hybridized carbons (Fsp3) is 0.556. The molecule has 1 heterocycles. The molecule has 25 heavy (non-hydrogen) atoms. The van der Waals surface area contributed by atoms with Crippen LogP contribution in [0.5, 0.6) is 11.5 Å². The summed E-state index contributed by atoms with van der Waals surface area (Å²) in [6, 6.07) is 3.51. The van der Waals surface area contributed by atoms with Crippen molar-refractivity contribution >= 4 is 11.8 Å². The predicted molar refractivity (Wildman–Crippen MR) is 92.5 cm³/mol. The van der Waals surface area contributed by atoms with Crippen LogP contribution in [0.2, 0.25) is 0 Å². The van der Waals surface area contributed by atoms with E-state index in [2.05, 4.69) is 5.32 Å². The van der Waals surface area contributed by atoms with Crippen LogP contribution in [0.25, 0.3) is 0 Å². The maximum atomic E-state index is 12.4. The SMILES string of the molecule is CCCNC(=O)CCC(=O)N1Cc2c(OC)ccc(OC)c2C(O)C1. The Bertz CT molecular complexity index is 632. The van der Waals surface area contributed by atoms with E-state index in [-0.39, 0.29) is 31.2 Å². The number of β-amino-alcohol motifs (C(OH)–C–C–N with tert-alkyl or cyclic N) is 1. The van der Waals surface area contributed by atoms with Crippen molar-refractivity contribution in [3.63, 3.8) is 0 Å². The standard InChI is InChI=1S/C18H26N2O5/c1-4-9-19-16(22)7-8-17(23)20-10-12-14(24-2)5-6-15(25-3)18(12)13(21)11-20/h5-6,13,21H,4,7-11H2,1-3H3,(H,19,22). The van der Waals surface area contributed by atoms with E-state index in [0.717, 1.165) is 12.0 Å². The van der Waals surface area contributed by atoms with E-state index < -0.39 is 6.10 Å². The molecular formula is C18H26N2O5. The summed E-state index contributed by atoms with van der Waals surface area (Å²) in [7, 11) is 3.09. The van der Waals surface area contributed by atoms with Gasteiger partial charge in [-0.25, -0.2) is 0 Å². The molecule has 0 saturated heterocycles. The zero-order chi connectivity index (χ0) is 18.4. The first-order valence-electron chi connectivity index (χ1n) is 8.48. The molecule has 1 unspecified atom stereocenters. The largest absolute Gasteiger partial charge is 0.496 e. The summed E-state index contributed by atoms with van der Waals surface area (Å²) in [5.41, 5.74) is 1.40. The van der Waals surface area contributed by atoms with E-state index >= 15 is 0 Å². The molecular weight excluding hydrogens is 324 g/mol. The van der Waals surface area contributed by atoms with E-state index in [1.807, 2.05) is 6.92 Å². The van der Waals surface area contributed by atoms with Gasteiger partial charge in [0.1, 0.15) is 17.6 Å². The zero-order valence-corrected chi connectivity index (χ0v) is 15.0. The highest BCUT2D eigenvalue weighted by Gasteiger charge is 2.31. The number of nitrogens with zero attached hydrogens (tertiary/aromatic N) is 1. The number of carbonyl (C=O) groups excluding carboxylic acids is 2. The van der Waals surface area contributed by atoms with Crippen molar-refractivity contribution in [2.24, 2.45) is 0 Å². The van der Waals surface area contributed by atoms with Crippen LogP contribution in [0.1, 0.15) is 43.4 Å². The Labute approximate surface area is 147 Å². The van der Waals surface area contributed by atoms with Crippen LogP contribution in [0, 0.1) is 0 Å². The molecule has 1 aliphatic rings. The Morgan fingerprint density at radius 3 is 2.56 bits per heavy atom. The minimum absolute atomic E-state index is 0.115. The maximum Gasteiger partial charge on any atom is 0.223 e. The van der Waals surface area contributed by atoms with Gasteiger partial charge in [-0.3, -0.25) is 9.59 Å². The van der Waals surface area contributed by atoms with Crippen molar-refractivity contribution in [3.05, 3.63) is 23.3 Å². The van der Waals surface area contributed by atoms with Crippen molar-refractivity contribution in [1.82, 2.24) is 10.2 Å². The number of carbonyl (C=O) groups is 2. The number of hydrogen-bond acceptors (Lipinski definition) is 5. The molecule has 7 heteroatoms. The van der Waals surface area contributed by atoms with Crippen molar-refractivity contribution in [2.75, 3.05) is 27.3 Å². The summed E-state index contributed by atoms with van der Waals surface area (Å²) in [6.07, 6.45) is 0.264. The van der Waals surface area contributed by atoms with Crippen LogP contribution in [0.4, 0.5) is 0 Å². The van der Waals surface area contributed by atoms with Gasteiger partial charge < -0.3 is 24.8 Å². The molecule has 0 bridgehead atoms. The highest BCUT2D eigenvalue weighted by molar-refractivity contribution is 5.84. The Hall–Kier alpha value is -2.28. The van der Waals surface area contributed by atoms with Gasteiger partial charge in [-0.1, -0.05) is 6.92 Å². The minimum Gasteiger partial charge on any atom is -0.496 e. The highest BCUT2D eigenvalue weighted by atomic mass is 16.5. The monoisotopic (exact) mass is 350 g/mol. The van der Waals surface area contributed by atoms with Gasteiger partial charge in [0.05, 0.1) is 20.8 Å². The van der Waals surface area contributed by atoms with Gasteiger partial charge in [0, 0.05) is 37.1 Å². The third-order valence-corrected chi connectivity index (χ3v) is 4.28. The molecule has 1 aliphatic heterocycles. The van der Waals surface area contributed by atoms with Crippen LogP contribution < -0.4 is 14.8 Å². The molecule has 1 atom stereocenters. The number of nitrogens with one attached hydrogen (secondary N) is 1. The number of amides is 2. The number of aliphatic hydroxyl groups is 1. The molecule has 0 fully saturated rings. The summed E-state index contributed by atoms with van der Waals surface area (Å²) < 4.78 is 10.7. The van der Waals surface area contributed by atoms with Gasteiger partial charge in [-0.05, 0) is 18.6 Å². The summed E-state index contributed by atoms with van der Waals surface area (Å²) in [5, 5.41) is 13.3. The van der Waals surface area contributed by atoms with E-state index in [4.69, 9.17) is 9.47 Å². The Morgan fingerprint density at radius 2 is 1.92 bits per heavy atom. The van der Waals surface area contributed by atoms with Crippen LogP contribution in [0.3, 0.4) is 0 Å². The normalized spacial score (nSPS) is 16.2. The smallest absolute Gasteiger partial charge is 0.223 e. The third-order valence-electron chi connectivity index (χ3n) is 4.28. The lowest BCUT2D eigenvalue weighted by molar-refractivity contribution is -0.136. The second kappa shape index (κ2) is 8.71. The molecule has 138 valence electrons. The predicted octanol–water partition coefficient (Wildman–Crippen LogP) is 1.39. The van der Waals surface area contributed by atoms with E-state index in [1.54, 1.807) is 31.3 Å². The Morgan fingerprint density at radius 1 is 1.24 bits per heavy atom. The first-order valence-corrected chi connectivity index (χ1v) is 8.48. The summed E-state index contributed by atoms with van der Waals surface area (Å²) in [5.74, 6) is 0.885. The molecule has 2 amide bonds.